The van der Waals surface area contributed by atoms with Gasteiger partial charge in [0.1, 0.15) is 48.2 Å². The number of likely N-dealkylation sites (N-methyl/N-ethyl adjacent to an activating group) is 2. The molecule has 17 heteroatoms. The van der Waals surface area contributed by atoms with Gasteiger partial charge in [-0.05, 0) is 88.8 Å². The molecule has 0 aliphatic carbocycles. The molecule has 16 nitrogen and oxygen atoms in total. The summed E-state index contributed by atoms with van der Waals surface area (Å²) in [4.78, 5) is 90.8. The van der Waals surface area contributed by atoms with E-state index in [0.29, 0.717) is 49.3 Å². The second-order valence-corrected chi connectivity index (χ2v) is 21.8. The maximum absolute atomic E-state index is 14.3. The first-order valence-electron chi connectivity index (χ1n) is 24.2. The number of rotatable bonds is 22. The molecule has 4 amide bonds. The molecule has 1 aromatic rings. The van der Waals surface area contributed by atoms with Gasteiger partial charge in [-0.2, -0.15) is 0 Å². The number of esters is 2. The normalized spacial score (nSPS) is 19.9. The number of hydrogen-bond acceptors (Lipinski definition) is 13. The number of nitrogens with one attached hydrogen (secondary N) is 1. The number of benzene rings is 1. The molecule has 2 N–H and O–H groups in total. The molecule has 10 atom stereocenters. The molecule has 0 radical (unpaired) electrons. The SMILES string of the molecule is C=CCOC(=O)[C@H]([C@@H](C)CC)N(C)C(=O)[C@H](C)N(C)C(=O)[C@H](Cc1ccc(OC)cc1)NC(=O)/C(C)=C/[C@H]1CSC([C@@H](C)[C@@H](O)C[C@H](C)[C@H](OC(=O)[C@@H]2CCCN2C(=O)OC(C)(C)C)C(C)(C)C)=N1. The van der Waals surface area contributed by atoms with Crippen molar-refractivity contribution in [2.45, 2.75) is 163 Å². The van der Waals surface area contributed by atoms with Gasteiger partial charge in [-0.15, -0.1) is 11.8 Å². The maximum Gasteiger partial charge on any atom is 0.411 e. The molecule has 69 heavy (non-hydrogen) atoms. The van der Waals surface area contributed by atoms with Gasteiger partial charge >= 0.3 is 18.0 Å². The van der Waals surface area contributed by atoms with Crippen LogP contribution >= 0.6 is 11.8 Å². The second-order valence-electron chi connectivity index (χ2n) is 20.7. The van der Waals surface area contributed by atoms with Crippen molar-refractivity contribution < 1.29 is 52.8 Å². The lowest BCUT2D eigenvalue weighted by Gasteiger charge is -2.37. The summed E-state index contributed by atoms with van der Waals surface area (Å²) in [6, 6.07) is 3.04. The van der Waals surface area contributed by atoms with E-state index in [1.807, 2.05) is 48.5 Å². The van der Waals surface area contributed by atoms with Crippen LogP contribution in [-0.2, 0) is 44.6 Å². The van der Waals surface area contributed by atoms with Crippen LogP contribution in [0.1, 0.15) is 114 Å². The van der Waals surface area contributed by atoms with E-state index in [1.54, 1.807) is 72.1 Å². The van der Waals surface area contributed by atoms with Crippen molar-refractivity contribution in [3.8, 4) is 5.75 Å². The topological polar surface area (TPSA) is 194 Å². The van der Waals surface area contributed by atoms with Crippen LogP contribution in [-0.4, -0.2) is 149 Å². The fraction of sp³-hybridized carbons (Fsp3) is 0.673. The molecular formula is C52H81N5O11S. The Morgan fingerprint density at radius 2 is 1.62 bits per heavy atom. The largest absolute Gasteiger partial charge is 0.497 e. The summed E-state index contributed by atoms with van der Waals surface area (Å²) in [7, 11) is 4.57. The zero-order valence-electron chi connectivity index (χ0n) is 43.8. The van der Waals surface area contributed by atoms with Gasteiger partial charge in [-0.1, -0.05) is 85.8 Å². The van der Waals surface area contributed by atoms with Gasteiger partial charge in [0.2, 0.25) is 17.7 Å². The van der Waals surface area contributed by atoms with Gasteiger partial charge < -0.3 is 39.2 Å². The Labute approximate surface area is 415 Å². The van der Waals surface area contributed by atoms with Gasteiger partial charge in [0.05, 0.1) is 24.3 Å². The molecule has 0 unspecified atom stereocenters. The molecule has 2 aliphatic heterocycles. The molecule has 0 saturated carbocycles. The quantitative estimate of drug-likeness (QED) is 0.0523. The molecule has 2 aliphatic rings. The Kier molecular flexibility index (Phi) is 21.8. The standard InChI is InChI=1S/C52H81N5O11S/c1-17-26-66-49(63)42(31(3)18-2)56(15)46(60)35(7)55(14)47(61)39(29-36-21-23-38(65-16)24-22-36)54-44(59)33(5)27-37-30-69-45(53-37)34(6)41(58)28-32(4)43(51(8,9)10)67-48(62)40-20-19-25-57(40)50(64)68-52(11,12)13/h17,21-24,27,31-32,34-35,37,39-43,58H,1,18-20,25-26,28-30H2,2-16H3,(H,54,59)/b33-27+/t31-,32-,34-,35-,37-,39-,40-,41-,42-,43-/m0/s1. The molecule has 2 heterocycles. The van der Waals surface area contributed by atoms with E-state index in [2.05, 4.69) is 11.9 Å². The highest BCUT2D eigenvalue weighted by Gasteiger charge is 2.43. The summed E-state index contributed by atoms with van der Waals surface area (Å²) in [5.74, 6) is -2.19. The highest BCUT2D eigenvalue weighted by molar-refractivity contribution is 8.14. The van der Waals surface area contributed by atoms with E-state index in [4.69, 9.17) is 23.9 Å². The van der Waals surface area contributed by atoms with Crippen molar-refractivity contribution in [2.75, 3.05) is 40.1 Å². The van der Waals surface area contributed by atoms with Crippen LogP contribution in [0.3, 0.4) is 0 Å². The number of aliphatic hydroxyl groups is 1. The first kappa shape index (κ1) is 58.4. The van der Waals surface area contributed by atoms with E-state index in [0.717, 1.165) is 10.6 Å². The molecule has 0 bridgehead atoms. The Bertz CT molecular complexity index is 2010. The third-order valence-corrected chi connectivity index (χ3v) is 14.1. The van der Waals surface area contributed by atoms with Gasteiger partial charge in [-0.3, -0.25) is 24.3 Å². The molecule has 3 rings (SSSR count). The van der Waals surface area contributed by atoms with E-state index in [1.165, 1.54) is 46.6 Å². The average Bonchev–Trinajstić information content (AvgIpc) is 3.98. The van der Waals surface area contributed by atoms with Crippen LogP contribution in [0.25, 0.3) is 0 Å². The molecule has 1 aromatic carbocycles. The minimum Gasteiger partial charge on any atom is -0.497 e. The Morgan fingerprint density at radius 1 is 0.986 bits per heavy atom. The number of thioether (sulfide) groups is 1. The average molecular weight is 984 g/mol. The van der Waals surface area contributed by atoms with Crippen LogP contribution in [0.2, 0.25) is 0 Å². The zero-order chi connectivity index (χ0) is 52.1. The predicted molar refractivity (Wildman–Crippen MR) is 270 cm³/mol. The lowest BCUT2D eigenvalue weighted by Crippen LogP contribution is -2.57. The molecule has 0 aromatic heterocycles. The van der Waals surface area contributed by atoms with E-state index >= 15 is 0 Å². The third kappa shape index (κ3) is 16.6. The number of amides is 4. The highest BCUT2D eigenvalue weighted by atomic mass is 32.2. The van der Waals surface area contributed by atoms with Gasteiger partial charge in [0.25, 0.3) is 0 Å². The number of methoxy groups -OCH3 is 1. The predicted octanol–water partition coefficient (Wildman–Crippen LogP) is 7.01. The van der Waals surface area contributed by atoms with Crippen molar-refractivity contribution in [1.29, 1.82) is 0 Å². The fourth-order valence-corrected chi connectivity index (χ4v) is 9.75. The smallest absolute Gasteiger partial charge is 0.411 e. The zero-order valence-corrected chi connectivity index (χ0v) is 44.6. The lowest BCUT2D eigenvalue weighted by atomic mass is 9.78. The van der Waals surface area contributed by atoms with Crippen molar-refractivity contribution in [3.05, 3.63) is 54.1 Å². The second kappa shape index (κ2) is 25.8. The van der Waals surface area contributed by atoms with Crippen LogP contribution in [0.4, 0.5) is 4.79 Å². The van der Waals surface area contributed by atoms with Crippen molar-refractivity contribution in [2.24, 2.45) is 28.2 Å². The van der Waals surface area contributed by atoms with Crippen LogP contribution in [0.15, 0.2) is 53.6 Å². The fourth-order valence-electron chi connectivity index (χ4n) is 8.61. The minimum atomic E-state index is -1.07. The molecule has 0 spiro atoms. The number of nitrogens with zero attached hydrogens (tertiary/aromatic N) is 4. The monoisotopic (exact) mass is 984 g/mol. The third-order valence-electron chi connectivity index (χ3n) is 12.9. The lowest BCUT2D eigenvalue weighted by molar-refractivity contribution is -0.165. The minimum absolute atomic E-state index is 0.00147. The van der Waals surface area contributed by atoms with E-state index in [9.17, 15) is 33.9 Å². The molecule has 1 saturated heterocycles. The Morgan fingerprint density at radius 3 is 2.19 bits per heavy atom. The summed E-state index contributed by atoms with van der Waals surface area (Å²) in [5, 5.41) is 15.2. The van der Waals surface area contributed by atoms with Crippen molar-refractivity contribution in [3.63, 3.8) is 0 Å². The number of hydrogen-bond donors (Lipinski definition) is 2. The summed E-state index contributed by atoms with van der Waals surface area (Å²) in [6.07, 6.45) is 3.44. The van der Waals surface area contributed by atoms with Crippen LogP contribution in [0.5, 0.6) is 5.75 Å². The molecule has 1 fully saturated rings. The van der Waals surface area contributed by atoms with Crippen molar-refractivity contribution >= 4 is 52.6 Å². The highest BCUT2D eigenvalue weighted by Crippen LogP contribution is 2.35. The number of aliphatic imine (C=N–C) groups is 1. The number of aliphatic hydroxyl groups excluding tert-OH is 1. The van der Waals surface area contributed by atoms with Gasteiger partial charge in [-0.25, -0.2) is 14.4 Å². The number of carbonyl (C=O) groups excluding carboxylic acids is 6. The molecule has 386 valence electrons. The summed E-state index contributed by atoms with van der Waals surface area (Å²) < 4.78 is 22.4. The summed E-state index contributed by atoms with van der Waals surface area (Å²) >= 11 is 1.50. The first-order valence-corrected chi connectivity index (χ1v) is 25.2. The maximum atomic E-state index is 14.3. The Balaban J connectivity index is 1.76. The first-order chi connectivity index (χ1) is 32.1. The number of ether oxygens (including phenoxy) is 4. The van der Waals surface area contributed by atoms with Gasteiger partial charge in [0.15, 0.2) is 0 Å². The Hall–Kier alpha value is -4.90. The summed E-state index contributed by atoms with van der Waals surface area (Å²) in [5.41, 5.74) is -0.0930. The molecular weight excluding hydrogens is 903 g/mol. The van der Waals surface area contributed by atoms with E-state index < -0.39 is 83.1 Å². The van der Waals surface area contributed by atoms with E-state index in [-0.39, 0.29) is 36.8 Å². The van der Waals surface area contributed by atoms with Gasteiger partial charge in [0, 0.05) is 44.3 Å². The summed E-state index contributed by atoms with van der Waals surface area (Å²) in [6.45, 7) is 26.2. The number of carbonyl (C=O) groups is 6. The van der Waals surface area contributed by atoms with Crippen LogP contribution in [0, 0.1) is 23.2 Å². The van der Waals surface area contributed by atoms with Crippen molar-refractivity contribution in [1.82, 2.24) is 20.0 Å². The number of likely N-dealkylation sites (tertiary alicyclic amines) is 1. The van der Waals surface area contributed by atoms with Crippen LogP contribution < -0.4 is 10.1 Å².